The third-order valence-electron chi connectivity index (χ3n) is 3.49. The van der Waals surface area contributed by atoms with Gasteiger partial charge < -0.3 is 24.8 Å². The van der Waals surface area contributed by atoms with E-state index in [1.54, 1.807) is 14.2 Å². The second-order valence-corrected chi connectivity index (χ2v) is 5.30. The molecular weight excluding hydrogens is 308 g/mol. The fourth-order valence-corrected chi connectivity index (χ4v) is 2.15. The zero-order valence-corrected chi connectivity index (χ0v) is 14.4. The Morgan fingerprint density at radius 3 is 2.21 bits per heavy atom. The van der Waals surface area contributed by atoms with Gasteiger partial charge in [-0.05, 0) is 19.1 Å². The highest BCUT2D eigenvalue weighted by molar-refractivity contribution is 5.68. The van der Waals surface area contributed by atoms with Gasteiger partial charge in [0.2, 0.25) is 5.88 Å². The Kier molecular flexibility index (Phi) is 6.77. The van der Waals surface area contributed by atoms with E-state index in [0.717, 1.165) is 5.56 Å². The van der Waals surface area contributed by atoms with Crippen molar-refractivity contribution in [2.75, 3.05) is 51.2 Å². The molecule has 7 nitrogen and oxygen atoms in total. The molecule has 130 valence electrons. The van der Waals surface area contributed by atoms with Gasteiger partial charge >= 0.3 is 0 Å². The number of anilines is 2. The molecule has 0 saturated carbocycles. The van der Waals surface area contributed by atoms with Crippen molar-refractivity contribution in [3.63, 3.8) is 0 Å². The monoisotopic (exact) mass is 332 g/mol. The van der Waals surface area contributed by atoms with Crippen molar-refractivity contribution in [1.29, 1.82) is 0 Å². The molecule has 0 unspecified atom stereocenters. The lowest BCUT2D eigenvalue weighted by atomic mass is 10.2. The number of nitrogen functional groups attached to an aromatic ring is 1. The maximum Gasteiger partial charge on any atom is 0.248 e. The first-order valence-corrected chi connectivity index (χ1v) is 7.73. The van der Waals surface area contributed by atoms with E-state index in [9.17, 15) is 0 Å². The molecule has 2 N–H and O–H groups in total. The lowest BCUT2D eigenvalue weighted by Gasteiger charge is -2.24. The topological polar surface area (TPSA) is 82.7 Å². The van der Waals surface area contributed by atoms with Crippen LogP contribution < -0.4 is 15.4 Å². The molecule has 2 rings (SSSR count). The van der Waals surface area contributed by atoms with Gasteiger partial charge in [0.15, 0.2) is 5.82 Å². The molecule has 0 radical (unpaired) electrons. The normalized spacial score (nSPS) is 10.6. The molecule has 1 heterocycles. The average molecular weight is 332 g/mol. The molecule has 0 aliphatic heterocycles. The quantitative estimate of drug-likeness (QED) is 0.754. The molecule has 0 saturated heterocycles. The largest absolute Gasteiger partial charge is 0.437 e. The predicted molar refractivity (Wildman–Crippen MR) is 93.7 cm³/mol. The SMILES string of the molecule is COCCN(CCOC)c1ncnc(Oc2ccc(C)cc2)c1N. The van der Waals surface area contributed by atoms with Gasteiger partial charge in [0.1, 0.15) is 17.8 Å². The van der Waals surface area contributed by atoms with Crippen LogP contribution in [-0.2, 0) is 9.47 Å². The number of nitrogens with zero attached hydrogens (tertiary/aromatic N) is 3. The first kappa shape index (κ1) is 18.0. The average Bonchev–Trinajstić information content (AvgIpc) is 2.59. The van der Waals surface area contributed by atoms with Crippen LogP contribution in [-0.4, -0.2) is 50.5 Å². The fraction of sp³-hybridized carbons (Fsp3) is 0.412. The first-order chi connectivity index (χ1) is 11.7. The van der Waals surface area contributed by atoms with Crippen LogP contribution >= 0.6 is 0 Å². The maximum absolute atomic E-state index is 6.23. The first-order valence-electron chi connectivity index (χ1n) is 7.73. The highest BCUT2D eigenvalue weighted by Gasteiger charge is 2.16. The van der Waals surface area contributed by atoms with Gasteiger partial charge in [-0.3, -0.25) is 0 Å². The van der Waals surface area contributed by atoms with Crippen molar-refractivity contribution in [2.45, 2.75) is 6.92 Å². The molecule has 0 aliphatic rings. The molecule has 24 heavy (non-hydrogen) atoms. The predicted octanol–water partition coefficient (Wildman–Crippen LogP) is 2.26. The number of nitrogens with two attached hydrogens (primary N) is 1. The number of aromatic nitrogens is 2. The summed E-state index contributed by atoms with van der Waals surface area (Å²) in [5.74, 6) is 1.63. The third-order valence-corrected chi connectivity index (χ3v) is 3.49. The van der Waals surface area contributed by atoms with Crippen LogP contribution in [0.4, 0.5) is 11.5 Å². The van der Waals surface area contributed by atoms with Crippen molar-refractivity contribution >= 4 is 11.5 Å². The van der Waals surface area contributed by atoms with E-state index in [1.165, 1.54) is 6.33 Å². The number of rotatable bonds is 9. The van der Waals surface area contributed by atoms with Crippen molar-refractivity contribution in [3.8, 4) is 11.6 Å². The second kappa shape index (κ2) is 9.05. The summed E-state index contributed by atoms with van der Waals surface area (Å²) in [4.78, 5) is 10.4. The van der Waals surface area contributed by atoms with E-state index in [-0.39, 0.29) is 0 Å². The van der Waals surface area contributed by atoms with Gasteiger partial charge in [-0.2, -0.15) is 4.98 Å². The second-order valence-electron chi connectivity index (χ2n) is 5.30. The van der Waals surface area contributed by atoms with Gasteiger partial charge in [-0.15, -0.1) is 0 Å². The Hall–Kier alpha value is -2.38. The Morgan fingerprint density at radius 1 is 1.00 bits per heavy atom. The molecule has 1 aromatic carbocycles. The number of methoxy groups -OCH3 is 2. The number of aryl methyl sites for hydroxylation is 1. The molecular formula is C17H24N4O3. The number of ether oxygens (including phenoxy) is 3. The van der Waals surface area contributed by atoms with Crippen LogP contribution in [0.2, 0.25) is 0 Å². The molecule has 1 aromatic heterocycles. The van der Waals surface area contributed by atoms with E-state index < -0.39 is 0 Å². The number of benzene rings is 1. The summed E-state index contributed by atoms with van der Waals surface area (Å²) in [5, 5.41) is 0. The van der Waals surface area contributed by atoms with Gasteiger partial charge in [0.25, 0.3) is 0 Å². The smallest absolute Gasteiger partial charge is 0.248 e. The van der Waals surface area contributed by atoms with Crippen LogP contribution in [0, 0.1) is 6.92 Å². The number of hydrogen-bond acceptors (Lipinski definition) is 7. The molecule has 0 aliphatic carbocycles. The zero-order chi connectivity index (χ0) is 17.4. The van der Waals surface area contributed by atoms with Crippen LogP contribution in [0.3, 0.4) is 0 Å². The van der Waals surface area contributed by atoms with E-state index >= 15 is 0 Å². The summed E-state index contributed by atoms with van der Waals surface area (Å²) in [6.07, 6.45) is 1.45. The van der Waals surface area contributed by atoms with E-state index in [4.69, 9.17) is 19.9 Å². The highest BCUT2D eigenvalue weighted by atomic mass is 16.5. The van der Waals surface area contributed by atoms with Gasteiger partial charge in [0.05, 0.1) is 13.2 Å². The lowest BCUT2D eigenvalue weighted by molar-refractivity contribution is 0.190. The minimum absolute atomic E-state index is 0.337. The summed E-state index contributed by atoms with van der Waals surface area (Å²) in [6.45, 7) is 4.42. The van der Waals surface area contributed by atoms with E-state index in [0.29, 0.717) is 49.4 Å². The molecule has 7 heteroatoms. The van der Waals surface area contributed by atoms with Crippen LogP contribution in [0.15, 0.2) is 30.6 Å². The van der Waals surface area contributed by atoms with Crippen LogP contribution in [0.5, 0.6) is 11.6 Å². The Bertz CT molecular complexity index is 626. The molecule has 0 amide bonds. The van der Waals surface area contributed by atoms with Gasteiger partial charge in [-0.25, -0.2) is 4.98 Å². The van der Waals surface area contributed by atoms with Crippen molar-refractivity contribution < 1.29 is 14.2 Å². The Morgan fingerprint density at radius 2 is 1.62 bits per heavy atom. The van der Waals surface area contributed by atoms with Crippen molar-refractivity contribution in [3.05, 3.63) is 36.2 Å². The minimum Gasteiger partial charge on any atom is -0.437 e. The van der Waals surface area contributed by atoms with E-state index in [1.807, 2.05) is 36.1 Å². The summed E-state index contributed by atoms with van der Waals surface area (Å²) in [6, 6.07) is 7.70. The highest BCUT2D eigenvalue weighted by Crippen LogP contribution is 2.31. The zero-order valence-electron chi connectivity index (χ0n) is 14.4. The van der Waals surface area contributed by atoms with Gasteiger partial charge in [-0.1, -0.05) is 17.7 Å². The van der Waals surface area contributed by atoms with Crippen molar-refractivity contribution in [2.24, 2.45) is 0 Å². The lowest BCUT2D eigenvalue weighted by Crippen LogP contribution is -2.32. The summed E-state index contributed by atoms with van der Waals surface area (Å²) in [7, 11) is 3.31. The molecule has 0 atom stereocenters. The molecule has 0 spiro atoms. The molecule has 0 fully saturated rings. The Labute approximate surface area is 142 Å². The number of hydrogen-bond donors (Lipinski definition) is 1. The third kappa shape index (κ3) is 4.81. The standard InChI is InChI=1S/C17H24N4O3/c1-13-4-6-14(7-5-13)24-17-15(18)16(19-12-20-17)21(8-10-22-2)9-11-23-3/h4-7,12H,8-11,18H2,1-3H3. The van der Waals surface area contributed by atoms with E-state index in [2.05, 4.69) is 9.97 Å². The Balaban J connectivity index is 2.22. The maximum atomic E-state index is 6.23. The molecule has 2 aromatic rings. The minimum atomic E-state index is 0.337. The summed E-state index contributed by atoms with van der Waals surface area (Å²) < 4.78 is 16.1. The summed E-state index contributed by atoms with van der Waals surface area (Å²) in [5.41, 5.74) is 7.78. The summed E-state index contributed by atoms with van der Waals surface area (Å²) >= 11 is 0. The van der Waals surface area contributed by atoms with Crippen LogP contribution in [0.1, 0.15) is 5.56 Å². The van der Waals surface area contributed by atoms with Gasteiger partial charge in [0, 0.05) is 27.3 Å². The fourth-order valence-electron chi connectivity index (χ4n) is 2.15. The molecule has 0 bridgehead atoms. The van der Waals surface area contributed by atoms with Crippen molar-refractivity contribution in [1.82, 2.24) is 9.97 Å². The van der Waals surface area contributed by atoms with Crippen LogP contribution in [0.25, 0.3) is 0 Å².